The fraction of sp³-hybridized carbons (Fsp3) is 0.367. The Balaban J connectivity index is 1.90. The maximum atomic E-state index is 14.3. The average Bonchev–Trinajstić information content (AvgIpc) is 2.88. The van der Waals surface area contributed by atoms with E-state index in [1.54, 1.807) is 21.0 Å². The third-order valence-corrected chi connectivity index (χ3v) is 7.10. The Bertz CT molecular complexity index is 1270. The van der Waals surface area contributed by atoms with Gasteiger partial charge in [0, 0.05) is 28.8 Å². The van der Waals surface area contributed by atoms with E-state index in [0.717, 1.165) is 16.7 Å². The zero-order chi connectivity index (χ0) is 26.7. The predicted octanol–water partition coefficient (Wildman–Crippen LogP) is 4.72. The van der Waals surface area contributed by atoms with Crippen LogP contribution in [0.4, 0.5) is 0 Å². The first-order valence-electron chi connectivity index (χ1n) is 12.6. The number of hydrogen-bond donors (Lipinski definition) is 1. The third kappa shape index (κ3) is 4.90. The molecular weight excluding hydrogens is 470 g/mol. The molecule has 0 saturated carbocycles. The van der Waals surface area contributed by atoms with Crippen molar-refractivity contribution in [1.29, 1.82) is 0 Å². The summed E-state index contributed by atoms with van der Waals surface area (Å²) in [6, 6.07) is 15.1. The van der Waals surface area contributed by atoms with E-state index in [9.17, 15) is 14.4 Å². The molecule has 194 valence electrons. The molecule has 3 unspecified atom stereocenters. The highest BCUT2D eigenvalue weighted by Gasteiger charge is 2.49. The van der Waals surface area contributed by atoms with Crippen LogP contribution in [0.3, 0.4) is 0 Å². The normalized spacial score (nSPS) is 21.2. The fourth-order valence-electron chi connectivity index (χ4n) is 5.40. The van der Waals surface area contributed by atoms with Crippen molar-refractivity contribution >= 4 is 17.7 Å². The Labute approximate surface area is 217 Å². The molecule has 1 aliphatic heterocycles. The van der Waals surface area contributed by atoms with Crippen LogP contribution in [0.5, 0.6) is 5.75 Å². The number of ketones is 1. The standard InChI is InChI=1S/C30H33NO6/c1-6-36-29(33)24-18(4)31-23-16-22(19-12-14-20(35-5)15-13-19)26(30(34)37-7-2)28(32)27(23)25(24)21-11-9-8-10-17(21)3/h8-15,22,25-26,31H,6-7,16H2,1-5H3. The molecule has 0 aromatic heterocycles. The average molecular weight is 504 g/mol. The summed E-state index contributed by atoms with van der Waals surface area (Å²) >= 11 is 0. The number of allylic oxidation sites excluding steroid dienone is 3. The molecule has 2 aliphatic rings. The Hall–Kier alpha value is -3.87. The SMILES string of the molecule is CCOC(=O)C1=C(C)NC2=C(C(=O)C(C(=O)OCC)C(c3ccc(OC)cc3)C2)C1c1ccccc1C. The van der Waals surface area contributed by atoms with Crippen molar-refractivity contribution in [2.24, 2.45) is 5.92 Å². The molecule has 0 amide bonds. The van der Waals surface area contributed by atoms with Crippen molar-refractivity contribution in [3.63, 3.8) is 0 Å². The number of rotatable bonds is 7. The van der Waals surface area contributed by atoms with Gasteiger partial charge in [0.2, 0.25) is 0 Å². The topological polar surface area (TPSA) is 90.9 Å². The minimum atomic E-state index is -1.04. The highest BCUT2D eigenvalue weighted by molar-refractivity contribution is 6.13. The van der Waals surface area contributed by atoms with E-state index in [-0.39, 0.29) is 19.0 Å². The summed E-state index contributed by atoms with van der Waals surface area (Å²) in [7, 11) is 1.59. The van der Waals surface area contributed by atoms with Crippen LogP contribution in [-0.2, 0) is 23.9 Å². The van der Waals surface area contributed by atoms with Gasteiger partial charge in [-0.3, -0.25) is 9.59 Å². The largest absolute Gasteiger partial charge is 0.497 e. The third-order valence-electron chi connectivity index (χ3n) is 7.10. The van der Waals surface area contributed by atoms with Crippen LogP contribution >= 0.6 is 0 Å². The number of esters is 2. The van der Waals surface area contributed by atoms with Crippen LogP contribution in [0.1, 0.15) is 55.7 Å². The highest BCUT2D eigenvalue weighted by Crippen LogP contribution is 2.48. The molecule has 0 radical (unpaired) electrons. The monoisotopic (exact) mass is 503 g/mol. The van der Waals surface area contributed by atoms with Gasteiger partial charge in [0.05, 0.1) is 25.9 Å². The van der Waals surface area contributed by atoms with Crippen LogP contribution < -0.4 is 10.1 Å². The van der Waals surface area contributed by atoms with Gasteiger partial charge in [-0.2, -0.15) is 0 Å². The minimum absolute atomic E-state index is 0.163. The maximum Gasteiger partial charge on any atom is 0.336 e. The van der Waals surface area contributed by atoms with Crippen molar-refractivity contribution < 1.29 is 28.6 Å². The predicted molar refractivity (Wildman–Crippen MR) is 139 cm³/mol. The van der Waals surface area contributed by atoms with E-state index in [4.69, 9.17) is 14.2 Å². The lowest BCUT2D eigenvalue weighted by Gasteiger charge is -2.39. The van der Waals surface area contributed by atoms with Gasteiger partial charge in [0.15, 0.2) is 5.78 Å². The molecular formula is C30H33NO6. The molecule has 0 fully saturated rings. The number of carbonyl (C=O) groups is 3. The summed E-state index contributed by atoms with van der Waals surface area (Å²) in [5.74, 6) is -2.82. The van der Waals surface area contributed by atoms with Crippen molar-refractivity contribution in [3.05, 3.63) is 87.8 Å². The molecule has 0 saturated heterocycles. The number of Topliss-reactive ketones (excluding diaryl/α,β-unsaturated/α-hetero) is 1. The van der Waals surface area contributed by atoms with Crippen LogP contribution in [0, 0.1) is 12.8 Å². The van der Waals surface area contributed by atoms with Gasteiger partial charge < -0.3 is 19.5 Å². The van der Waals surface area contributed by atoms with E-state index in [2.05, 4.69) is 5.32 Å². The highest BCUT2D eigenvalue weighted by atomic mass is 16.5. The Kier molecular flexibility index (Phi) is 7.81. The van der Waals surface area contributed by atoms with Crippen molar-refractivity contribution in [1.82, 2.24) is 5.32 Å². The molecule has 7 heteroatoms. The number of carbonyl (C=O) groups excluding carboxylic acids is 3. The summed E-state index contributed by atoms with van der Waals surface area (Å²) in [5.41, 5.74) is 4.77. The van der Waals surface area contributed by atoms with E-state index in [1.807, 2.05) is 62.4 Å². The van der Waals surface area contributed by atoms with Gasteiger partial charge in [-0.25, -0.2) is 4.79 Å². The summed E-state index contributed by atoms with van der Waals surface area (Å²) < 4.78 is 16.1. The lowest BCUT2D eigenvalue weighted by Crippen LogP contribution is -2.43. The van der Waals surface area contributed by atoms with E-state index in [0.29, 0.717) is 34.7 Å². The van der Waals surface area contributed by atoms with Crippen LogP contribution in [0.2, 0.25) is 0 Å². The summed E-state index contributed by atoms with van der Waals surface area (Å²) in [6.45, 7) is 7.62. The van der Waals surface area contributed by atoms with Gasteiger partial charge in [-0.15, -0.1) is 0 Å². The molecule has 1 heterocycles. The molecule has 1 aliphatic carbocycles. The second kappa shape index (κ2) is 11.0. The Morgan fingerprint density at radius 3 is 2.27 bits per heavy atom. The number of ether oxygens (including phenoxy) is 3. The fourth-order valence-corrected chi connectivity index (χ4v) is 5.40. The Morgan fingerprint density at radius 2 is 1.65 bits per heavy atom. The van der Waals surface area contributed by atoms with Gasteiger partial charge >= 0.3 is 11.9 Å². The molecule has 0 bridgehead atoms. The number of dihydropyridines is 1. The number of benzene rings is 2. The van der Waals surface area contributed by atoms with Crippen molar-refractivity contribution in [2.75, 3.05) is 20.3 Å². The number of aryl methyl sites for hydroxylation is 1. The molecule has 1 N–H and O–H groups in total. The van der Waals surface area contributed by atoms with Gasteiger partial charge in [-0.1, -0.05) is 36.4 Å². The second-order valence-corrected chi connectivity index (χ2v) is 9.24. The molecule has 4 rings (SSSR count). The van der Waals surface area contributed by atoms with E-state index in [1.165, 1.54) is 0 Å². The van der Waals surface area contributed by atoms with Gasteiger partial charge in [-0.05, 0) is 62.9 Å². The van der Waals surface area contributed by atoms with Crippen LogP contribution in [0.15, 0.2) is 71.1 Å². The molecule has 37 heavy (non-hydrogen) atoms. The number of nitrogens with one attached hydrogen (secondary N) is 1. The molecule has 3 atom stereocenters. The lowest BCUT2D eigenvalue weighted by molar-refractivity contribution is -0.152. The number of hydrogen-bond acceptors (Lipinski definition) is 7. The lowest BCUT2D eigenvalue weighted by atomic mass is 9.66. The second-order valence-electron chi connectivity index (χ2n) is 9.24. The number of methoxy groups -OCH3 is 1. The quantitative estimate of drug-likeness (QED) is 0.432. The van der Waals surface area contributed by atoms with Crippen molar-refractivity contribution in [3.8, 4) is 5.75 Å². The van der Waals surface area contributed by atoms with E-state index < -0.39 is 29.7 Å². The van der Waals surface area contributed by atoms with Crippen LogP contribution in [0.25, 0.3) is 0 Å². The van der Waals surface area contributed by atoms with Crippen molar-refractivity contribution in [2.45, 2.75) is 46.0 Å². The molecule has 7 nitrogen and oxygen atoms in total. The van der Waals surface area contributed by atoms with Gasteiger partial charge in [0.1, 0.15) is 11.7 Å². The molecule has 2 aromatic carbocycles. The maximum absolute atomic E-state index is 14.3. The van der Waals surface area contributed by atoms with Gasteiger partial charge in [0.25, 0.3) is 0 Å². The minimum Gasteiger partial charge on any atom is -0.497 e. The Morgan fingerprint density at radius 1 is 0.973 bits per heavy atom. The smallest absolute Gasteiger partial charge is 0.336 e. The first kappa shape index (κ1) is 26.2. The molecule has 0 spiro atoms. The van der Waals surface area contributed by atoms with E-state index >= 15 is 0 Å². The summed E-state index contributed by atoms with van der Waals surface area (Å²) in [4.78, 5) is 40.8. The summed E-state index contributed by atoms with van der Waals surface area (Å²) in [6.07, 6.45) is 0.409. The summed E-state index contributed by atoms with van der Waals surface area (Å²) in [5, 5.41) is 3.33. The zero-order valence-corrected chi connectivity index (χ0v) is 21.9. The van der Waals surface area contributed by atoms with Crippen LogP contribution in [-0.4, -0.2) is 38.0 Å². The first-order valence-corrected chi connectivity index (χ1v) is 12.6. The first-order chi connectivity index (χ1) is 17.8. The zero-order valence-electron chi connectivity index (χ0n) is 21.9. The molecule has 2 aromatic rings.